The van der Waals surface area contributed by atoms with Crippen molar-refractivity contribution in [1.29, 1.82) is 0 Å². The molecule has 47 heavy (non-hydrogen) atoms. The van der Waals surface area contributed by atoms with Crippen molar-refractivity contribution < 1.29 is 24.0 Å². The summed E-state index contributed by atoms with van der Waals surface area (Å²) in [5, 5.41) is 9.45. The Kier molecular flexibility index (Phi) is 11.9. The molecule has 254 valence electrons. The minimum absolute atomic E-state index is 0.0857. The number of fused-ring (bicyclic) bond motifs is 2. The molecule has 0 amide bonds. The Morgan fingerprint density at radius 1 is 0.809 bits per heavy atom. The standard InChI is InChI=1S/C41H56N2O4/c1-39(2,3)47-38(46)27-14-12-10-8-9-11-13-19-29-42-33-23-17-15-21-31(33)40(4,5)35(42)25-20-26-36-41(6,7)32-22-16-18-24-34(32)43(36)30-28-37(44)45/h15-18,20-26H,8-14,19,27-30H2,1-7H3/p+1. The van der Waals surface area contributed by atoms with Crippen LogP contribution in [0.15, 0.2) is 72.5 Å². The second-order valence-electron chi connectivity index (χ2n) is 15.2. The molecule has 0 bridgehead atoms. The number of carbonyl (C=O) groups excluding carboxylic acids is 1. The summed E-state index contributed by atoms with van der Waals surface area (Å²) in [6.45, 7) is 16.3. The van der Waals surface area contributed by atoms with Gasteiger partial charge < -0.3 is 14.7 Å². The van der Waals surface area contributed by atoms with Crippen molar-refractivity contribution in [3.8, 4) is 0 Å². The molecule has 0 unspecified atom stereocenters. The maximum Gasteiger partial charge on any atom is 0.306 e. The van der Waals surface area contributed by atoms with Crippen LogP contribution >= 0.6 is 0 Å². The van der Waals surface area contributed by atoms with Crippen LogP contribution < -0.4 is 4.90 Å². The van der Waals surface area contributed by atoms with Crippen LogP contribution in [0.4, 0.5) is 11.4 Å². The predicted molar refractivity (Wildman–Crippen MR) is 193 cm³/mol. The van der Waals surface area contributed by atoms with Crippen LogP contribution in [0.1, 0.15) is 124 Å². The number of carboxylic acids is 1. The third kappa shape index (κ3) is 9.03. The molecular formula is C41H57N2O4+. The number of aliphatic carboxylic acids is 1. The lowest BCUT2D eigenvalue weighted by Crippen LogP contribution is -2.29. The molecular weight excluding hydrogens is 584 g/mol. The number of esters is 1. The average Bonchev–Trinajstić information content (AvgIpc) is 3.35. The lowest BCUT2D eigenvalue weighted by molar-refractivity contribution is -0.438. The topological polar surface area (TPSA) is 69.9 Å². The van der Waals surface area contributed by atoms with Gasteiger partial charge in [-0.2, -0.15) is 4.58 Å². The maximum atomic E-state index is 11.9. The molecule has 0 spiro atoms. The van der Waals surface area contributed by atoms with Gasteiger partial charge in [-0.25, -0.2) is 0 Å². The summed E-state index contributed by atoms with van der Waals surface area (Å²) in [5.74, 6) is -0.869. The van der Waals surface area contributed by atoms with Crippen molar-refractivity contribution in [3.05, 3.63) is 83.6 Å². The third-order valence-electron chi connectivity index (χ3n) is 9.59. The number of benzene rings is 2. The number of rotatable bonds is 16. The lowest BCUT2D eigenvalue weighted by atomic mass is 9.81. The summed E-state index contributed by atoms with van der Waals surface area (Å²) in [6.07, 6.45) is 16.4. The van der Waals surface area contributed by atoms with E-state index < -0.39 is 11.6 Å². The molecule has 1 N–H and O–H groups in total. The molecule has 2 aliphatic heterocycles. The van der Waals surface area contributed by atoms with Gasteiger partial charge in [0.15, 0.2) is 5.71 Å². The van der Waals surface area contributed by atoms with Crippen molar-refractivity contribution in [2.45, 2.75) is 129 Å². The molecule has 4 rings (SSSR count). The Morgan fingerprint density at radius 2 is 1.40 bits per heavy atom. The fraction of sp³-hybridized carbons (Fsp3) is 0.537. The van der Waals surface area contributed by atoms with Crippen molar-refractivity contribution in [1.82, 2.24) is 0 Å². The van der Waals surface area contributed by atoms with E-state index in [4.69, 9.17) is 4.74 Å². The van der Waals surface area contributed by atoms with Gasteiger partial charge in [-0.1, -0.05) is 88.4 Å². The molecule has 0 fully saturated rings. The molecule has 0 aromatic heterocycles. The zero-order valence-corrected chi connectivity index (χ0v) is 29.9. The van der Waals surface area contributed by atoms with Crippen LogP contribution in [0.2, 0.25) is 0 Å². The molecule has 0 saturated carbocycles. The van der Waals surface area contributed by atoms with Crippen LogP contribution in [0.3, 0.4) is 0 Å². The minimum atomic E-state index is -0.783. The predicted octanol–water partition coefficient (Wildman–Crippen LogP) is 9.63. The quantitative estimate of drug-likeness (QED) is 0.112. The number of anilines is 1. The molecule has 2 aromatic carbocycles. The molecule has 0 saturated heterocycles. The van der Waals surface area contributed by atoms with E-state index in [0.717, 1.165) is 37.2 Å². The number of allylic oxidation sites excluding steroid dienone is 4. The van der Waals surface area contributed by atoms with E-state index in [-0.39, 0.29) is 23.2 Å². The summed E-state index contributed by atoms with van der Waals surface area (Å²) in [7, 11) is 0. The van der Waals surface area contributed by atoms with Gasteiger partial charge in [-0.15, -0.1) is 0 Å². The number of unbranched alkanes of at least 4 members (excludes halogenated alkanes) is 7. The van der Waals surface area contributed by atoms with Crippen molar-refractivity contribution in [2.75, 3.05) is 18.0 Å². The molecule has 2 heterocycles. The number of hydrogen-bond donors (Lipinski definition) is 1. The van der Waals surface area contributed by atoms with Gasteiger partial charge in [0.25, 0.3) is 0 Å². The lowest BCUT2D eigenvalue weighted by Gasteiger charge is -2.26. The van der Waals surface area contributed by atoms with Gasteiger partial charge in [0.05, 0.1) is 11.8 Å². The van der Waals surface area contributed by atoms with Crippen molar-refractivity contribution in [2.24, 2.45) is 0 Å². The number of para-hydroxylation sites is 2. The minimum Gasteiger partial charge on any atom is -0.481 e. The van der Waals surface area contributed by atoms with E-state index in [1.165, 1.54) is 54.6 Å². The first-order chi connectivity index (χ1) is 22.2. The summed E-state index contributed by atoms with van der Waals surface area (Å²) < 4.78 is 7.92. The number of hydrogen-bond acceptors (Lipinski definition) is 4. The van der Waals surface area contributed by atoms with Gasteiger partial charge in [0.2, 0.25) is 5.69 Å². The van der Waals surface area contributed by atoms with Gasteiger partial charge >= 0.3 is 11.9 Å². The molecule has 0 radical (unpaired) electrons. The van der Waals surface area contributed by atoms with Crippen molar-refractivity contribution >= 4 is 29.0 Å². The molecule has 6 heteroatoms. The van der Waals surface area contributed by atoms with Gasteiger partial charge in [-0.3, -0.25) is 9.59 Å². The molecule has 6 nitrogen and oxygen atoms in total. The van der Waals surface area contributed by atoms with E-state index in [2.05, 4.69) is 97.9 Å². The summed E-state index contributed by atoms with van der Waals surface area (Å²) in [4.78, 5) is 25.6. The van der Waals surface area contributed by atoms with E-state index in [0.29, 0.717) is 13.0 Å². The molecule has 0 atom stereocenters. The van der Waals surface area contributed by atoms with E-state index in [9.17, 15) is 14.7 Å². The maximum absolute atomic E-state index is 11.9. The highest BCUT2D eigenvalue weighted by atomic mass is 16.6. The largest absolute Gasteiger partial charge is 0.481 e. The normalized spacial score (nSPS) is 17.4. The van der Waals surface area contributed by atoms with Gasteiger partial charge in [-0.05, 0) is 65.2 Å². The van der Waals surface area contributed by atoms with Crippen LogP contribution in [-0.4, -0.2) is 46.0 Å². The zero-order valence-electron chi connectivity index (χ0n) is 29.9. The summed E-state index contributed by atoms with van der Waals surface area (Å²) >= 11 is 0. The average molecular weight is 642 g/mol. The van der Waals surface area contributed by atoms with Crippen LogP contribution in [0, 0.1) is 0 Å². The van der Waals surface area contributed by atoms with E-state index in [1.807, 2.05) is 26.8 Å². The molecule has 2 aromatic rings. The first kappa shape index (κ1) is 36.2. The highest BCUT2D eigenvalue weighted by Crippen LogP contribution is 2.47. The number of nitrogens with zero attached hydrogens (tertiary/aromatic N) is 2. The zero-order chi connectivity index (χ0) is 34.2. The first-order valence-electron chi connectivity index (χ1n) is 17.7. The fourth-order valence-electron chi connectivity index (χ4n) is 7.19. The number of carboxylic acid groups (broad SMARTS) is 1. The smallest absolute Gasteiger partial charge is 0.306 e. The number of ether oxygens (including phenoxy) is 1. The van der Waals surface area contributed by atoms with E-state index in [1.54, 1.807) is 0 Å². The van der Waals surface area contributed by atoms with Gasteiger partial charge in [0, 0.05) is 53.9 Å². The summed E-state index contributed by atoms with van der Waals surface area (Å²) in [5.41, 5.74) is 6.66. The highest BCUT2D eigenvalue weighted by Gasteiger charge is 2.44. The SMILES string of the molecule is CC(C)(C)OC(=O)CCCCCCCCCC[N+]1=C(C=CC=C2N(CCC(=O)O)c3ccccc3C2(C)C)C(C)(C)c2ccccc21. The van der Waals surface area contributed by atoms with E-state index >= 15 is 0 Å². The monoisotopic (exact) mass is 641 g/mol. The molecule has 2 aliphatic rings. The highest BCUT2D eigenvalue weighted by molar-refractivity contribution is 6.03. The third-order valence-corrected chi connectivity index (χ3v) is 9.59. The number of carbonyl (C=O) groups is 2. The Labute approximate surface area is 283 Å². The Morgan fingerprint density at radius 3 is 2.06 bits per heavy atom. The molecule has 0 aliphatic carbocycles. The second kappa shape index (κ2) is 15.5. The van der Waals surface area contributed by atoms with Crippen molar-refractivity contribution in [3.63, 3.8) is 0 Å². The van der Waals surface area contributed by atoms with Crippen LogP contribution in [0.5, 0.6) is 0 Å². The van der Waals surface area contributed by atoms with Gasteiger partial charge in [0.1, 0.15) is 12.1 Å². The second-order valence-corrected chi connectivity index (χ2v) is 15.2. The van der Waals surface area contributed by atoms with Crippen LogP contribution in [-0.2, 0) is 25.2 Å². The van der Waals surface area contributed by atoms with Crippen LogP contribution in [0.25, 0.3) is 0 Å². The fourth-order valence-corrected chi connectivity index (χ4v) is 7.19. The summed E-state index contributed by atoms with van der Waals surface area (Å²) in [6, 6.07) is 17.1. The Bertz CT molecular complexity index is 1510. The Hall–Kier alpha value is -3.67. The Balaban J connectivity index is 1.39. The first-order valence-corrected chi connectivity index (χ1v) is 17.7.